The molecule has 2 heterocycles. The van der Waals surface area contributed by atoms with Gasteiger partial charge in [0.15, 0.2) is 0 Å². The molecule has 0 aliphatic carbocycles. The molecule has 3 nitrogen and oxygen atoms in total. The number of hydrogen-bond acceptors (Lipinski definition) is 3. The summed E-state index contributed by atoms with van der Waals surface area (Å²) in [5, 5.41) is 6.80. The van der Waals surface area contributed by atoms with Crippen LogP contribution in [0.25, 0.3) is 0 Å². The summed E-state index contributed by atoms with van der Waals surface area (Å²) in [7, 11) is 0. The summed E-state index contributed by atoms with van der Waals surface area (Å²) >= 11 is 0. The van der Waals surface area contributed by atoms with E-state index in [-0.39, 0.29) is 5.60 Å². The van der Waals surface area contributed by atoms with Crippen LogP contribution in [-0.4, -0.2) is 38.4 Å². The standard InChI is InChI=1S/C9H18N2O/c1-2-10-6-9-7-11-5-8(9)3-4-12-9/h8,10-11H,2-7H2,1H3. The zero-order chi connectivity index (χ0) is 8.44. The van der Waals surface area contributed by atoms with Crippen molar-refractivity contribution >= 4 is 0 Å². The lowest BCUT2D eigenvalue weighted by atomic mass is 9.91. The Kier molecular flexibility index (Phi) is 2.35. The number of fused-ring (bicyclic) bond motifs is 1. The first-order chi connectivity index (χ1) is 5.87. The van der Waals surface area contributed by atoms with Crippen LogP contribution >= 0.6 is 0 Å². The molecule has 70 valence electrons. The van der Waals surface area contributed by atoms with E-state index >= 15 is 0 Å². The Hall–Kier alpha value is -0.120. The lowest BCUT2D eigenvalue weighted by Crippen LogP contribution is -2.45. The molecule has 0 radical (unpaired) electrons. The lowest BCUT2D eigenvalue weighted by Gasteiger charge is -2.27. The predicted octanol–water partition coefficient (Wildman–Crippen LogP) is -0.0256. The van der Waals surface area contributed by atoms with Gasteiger partial charge < -0.3 is 15.4 Å². The zero-order valence-corrected chi connectivity index (χ0v) is 7.73. The number of likely N-dealkylation sites (N-methyl/N-ethyl adjacent to an activating group) is 1. The van der Waals surface area contributed by atoms with Gasteiger partial charge in [-0.3, -0.25) is 0 Å². The van der Waals surface area contributed by atoms with E-state index in [4.69, 9.17) is 4.74 Å². The SMILES string of the molecule is CCNCC12CNCC1CCO2. The molecule has 3 heteroatoms. The molecule has 0 saturated carbocycles. The Morgan fingerprint density at radius 2 is 2.58 bits per heavy atom. The van der Waals surface area contributed by atoms with Crippen LogP contribution in [-0.2, 0) is 4.74 Å². The molecule has 0 amide bonds. The maximum absolute atomic E-state index is 5.84. The fourth-order valence-corrected chi connectivity index (χ4v) is 2.32. The van der Waals surface area contributed by atoms with Crippen molar-refractivity contribution in [3.63, 3.8) is 0 Å². The Balaban J connectivity index is 1.97. The smallest absolute Gasteiger partial charge is 0.0970 e. The monoisotopic (exact) mass is 170 g/mol. The molecular formula is C9H18N2O. The number of hydrogen-bond donors (Lipinski definition) is 2. The summed E-state index contributed by atoms with van der Waals surface area (Å²) in [6.45, 7) is 7.33. The summed E-state index contributed by atoms with van der Waals surface area (Å²) in [6.07, 6.45) is 1.23. The third-order valence-corrected chi connectivity index (χ3v) is 3.09. The highest BCUT2D eigenvalue weighted by Gasteiger charge is 2.47. The molecular weight excluding hydrogens is 152 g/mol. The first-order valence-corrected chi connectivity index (χ1v) is 4.93. The summed E-state index contributed by atoms with van der Waals surface area (Å²) in [5.41, 5.74) is 0.135. The van der Waals surface area contributed by atoms with Gasteiger partial charge in [0.05, 0.1) is 5.60 Å². The Morgan fingerprint density at radius 1 is 1.67 bits per heavy atom. The molecule has 0 bridgehead atoms. The summed E-state index contributed by atoms with van der Waals surface area (Å²) < 4.78 is 5.84. The van der Waals surface area contributed by atoms with Gasteiger partial charge in [0, 0.05) is 32.2 Å². The summed E-state index contributed by atoms with van der Waals surface area (Å²) in [4.78, 5) is 0. The fourth-order valence-electron chi connectivity index (χ4n) is 2.32. The van der Waals surface area contributed by atoms with Gasteiger partial charge in [-0.05, 0) is 13.0 Å². The molecule has 12 heavy (non-hydrogen) atoms. The van der Waals surface area contributed by atoms with Crippen molar-refractivity contribution in [3.05, 3.63) is 0 Å². The molecule has 0 aromatic heterocycles. The molecule has 0 aromatic carbocycles. The maximum atomic E-state index is 5.84. The van der Waals surface area contributed by atoms with E-state index in [0.717, 1.165) is 38.7 Å². The third kappa shape index (κ3) is 1.26. The van der Waals surface area contributed by atoms with E-state index in [1.54, 1.807) is 0 Å². The maximum Gasteiger partial charge on any atom is 0.0970 e. The van der Waals surface area contributed by atoms with Crippen LogP contribution in [0.1, 0.15) is 13.3 Å². The zero-order valence-electron chi connectivity index (χ0n) is 7.73. The molecule has 2 aliphatic rings. The van der Waals surface area contributed by atoms with Crippen LogP contribution in [0, 0.1) is 5.92 Å². The number of nitrogens with one attached hydrogen (secondary N) is 2. The highest BCUT2D eigenvalue weighted by atomic mass is 16.5. The molecule has 2 saturated heterocycles. The van der Waals surface area contributed by atoms with Crippen molar-refractivity contribution in [3.8, 4) is 0 Å². The van der Waals surface area contributed by atoms with Gasteiger partial charge >= 0.3 is 0 Å². The van der Waals surface area contributed by atoms with E-state index in [1.165, 1.54) is 6.42 Å². The van der Waals surface area contributed by atoms with Crippen LogP contribution in [0.2, 0.25) is 0 Å². The van der Waals surface area contributed by atoms with Gasteiger partial charge in [0.25, 0.3) is 0 Å². The van der Waals surface area contributed by atoms with Crippen molar-refractivity contribution in [1.82, 2.24) is 10.6 Å². The topological polar surface area (TPSA) is 33.3 Å². The quantitative estimate of drug-likeness (QED) is 0.624. The van der Waals surface area contributed by atoms with Crippen molar-refractivity contribution in [1.29, 1.82) is 0 Å². The average molecular weight is 170 g/mol. The van der Waals surface area contributed by atoms with Crippen LogP contribution in [0.5, 0.6) is 0 Å². The van der Waals surface area contributed by atoms with Crippen molar-refractivity contribution < 1.29 is 4.74 Å². The normalized spacial score (nSPS) is 40.2. The third-order valence-electron chi connectivity index (χ3n) is 3.09. The first-order valence-electron chi connectivity index (χ1n) is 4.93. The van der Waals surface area contributed by atoms with E-state index in [2.05, 4.69) is 17.6 Å². The molecule has 2 unspecified atom stereocenters. The average Bonchev–Trinajstić information content (AvgIpc) is 2.58. The summed E-state index contributed by atoms with van der Waals surface area (Å²) in [6, 6.07) is 0. The molecule has 0 aromatic rings. The predicted molar refractivity (Wildman–Crippen MR) is 48.2 cm³/mol. The minimum Gasteiger partial charge on any atom is -0.372 e. The van der Waals surface area contributed by atoms with Gasteiger partial charge in [0.2, 0.25) is 0 Å². The van der Waals surface area contributed by atoms with Gasteiger partial charge in [-0.1, -0.05) is 6.92 Å². The fraction of sp³-hybridized carbons (Fsp3) is 1.00. The van der Waals surface area contributed by atoms with E-state index < -0.39 is 0 Å². The molecule has 2 aliphatic heterocycles. The highest BCUT2D eigenvalue weighted by molar-refractivity contribution is 5.01. The second-order valence-electron chi connectivity index (χ2n) is 3.81. The molecule has 2 atom stereocenters. The second-order valence-corrected chi connectivity index (χ2v) is 3.81. The Morgan fingerprint density at radius 3 is 3.42 bits per heavy atom. The minimum atomic E-state index is 0.135. The molecule has 0 spiro atoms. The van der Waals surface area contributed by atoms with Gasteiger partial charge in [-0.15, -0.1) is 0 Å². The Bertz CT molecular complexity index is 151. The largest absolute Gasteiger partial charge is 0.372 e. The van der Waals surface area contributed by atoms with Crippen LogP contribution in [0.3, 0.4) is 0 Å². The van der Waals surface area contributed by atoms with Gasteiger partial charge in [-0.25, -0.2) is 0 Å². The van der Waals surface area contributed by atoms with Crippen LogP contribution in [0.15, 0.2) is 0 Å². The van der Waals surface area contributed by atoms with Crippen LogP contribution in [0.4, 0.5) is 0 Å². The van der Waals surface area contributed by atoms with Crippen molar-refractivity contribution in [2.24, 2.45) is 5.92 Å². The van der Waals surface area contributed by atoms with E-state index in [1.807, 2.05) is 0 Å². The van der Waals surface area contributed by atoms with Crippen molar-refractivity contribution in [2.45, 2.75) is 18.9 Å². The van der Waals surface area contributed by atoms with Crippen LogP contribution < -0.4 is 10.6 Å². The van der Waals surface area contributed by atoms with E-state index in [0.29, 0.717) is 0 Å². The lowest BCUT2D eigenvalue weighted by molar-refractivity contribution is 0.00453. The van der Waals surface area contributed by atoms with E-state index in [9.17, 15) is 0 Å². The molecule has 2 rings (SSSR count). The molecule has 2 N–H and O–H groups in total. The molecule has 2 fully saturated rings. The first kappa shape index (κ1) is 8.48. The Labute approximate surface area is 73.9 Å². The summed E-state index contributed by atoms with van der Waals surface area (Å²) in [5.74, 6) is 0.747. The second kappa shape index (κ2) is 3.32. The number of rotatable bonds is 3. The van der Waals surface area contributed by atoms with Gasteiger partial charge in [0.1, 0.15) is 0 Å². The van der Waals surface area contributed by atoms with Crippen molar-refractivity contribution in [2.75, 3.05) is 32.8 Å². The number of ether oxygens (including phenoxy) is 1. The highest BCUT2D eigenvalue weighted by Crippen LogP contribution is 2.34. The van der Waals surface area contributed by atoms with Gasteiger partial charge in [-0.2, -0.15) is 0 Å². The minimum absolute atomic E-state index is 0.135.